The van der Waals surface area contributed by atoms with Crippen molar-refractivity contribution in [3.8, 4) is 0 Å². The molecule has 2 aliphatic rings. The van der Waals surface area contributed by atoms with Gasteiger partial charge >= 0.3 is 0 Å². The van der Waals surface area contributed by atoms with Crippen molar-refractivity contribution < 1.29 is 4.39 Å². The van der Waals surface area contributed by atoms with Gasteiger partial charge in [-0.2, -0.15) is 0 Å². The van der Waals surface area contributed by atoms with Crippen molar-refractivity contribution >= 4 is 0 Å². The molecule has 80 valence electrons. The third-order valence-corrected chi connectivity index (χ3v) is 3.64. The molecule has 3 heteroatoms. The highest BCUT2D eigenvalue weighted by atomic mass is 19.1. The molecule has 0 amide bonds. The summed E-state index contributed by atoms with van der Waals surface area (Å²) in [5.74, 6) is -0.144. The van der Waals surface area contributed by atoms with Crippen molar-refractivity contribution in [2.75, 3.05) is 13.1 Å². The largest absolute Gasteiger partial charge is 0.326 e. The van der Waals surface area contributed by atoms with E-state index in [1.54, 1.807) is 12.1 Å². The van der Waals surface area contributed by atoms with Crippen LogP contribution >= 0.6 is 0 Å². The number of nitrogens with zero attached hydrogens (tertiary/aromatic N) is 1. The van der Waals surface area contributed by atoms with E-state index >= 15 is 0 Å². The normalized spacial score (nSPS) is 30.0. The highest BCUT2D eigenvalue weighted by Crippen LogP contribution is 2.36. The molecule has 15 heavy (non-hydrogen) atoms. The number of fused-ring (bicyclic) bond motifs is 3. The van der Waals surface area contributed by atoms with Crippen LogP contribution in [-0.2, 0) is 6.42 Å². The van der Waals surface area contributed by atoms with Gasteiger partial charge in [0.25, 0.3) is 0 Å². The third-order valence-electron chi connectivity index (χ3n) is 3.64. The first-order valence-corrected chi connectivity index (χ1v) is 5.53. The van der Waals surface area contributed by atoms with Crippen LogP contribution < -0.4 is 5.73 Å². The van der Waals surface area contributed by atoms with Crippen LogP contribution in [0.15, 0.2) is 18.2 Å². The van der Waals surface area contributed by atoms with Gasteiger partial charge in [0.15, 0.2) is 0 Å². The van der Waals surface area contributed by atoms with Crippen molar-refractivity contribution in [2.45, 2.75) is 24.9 Å². The first kappa shape index (κ1) is 9.31. The summed E-state index contributed by atoms with van der Waals surface area (Å²) in [6.45, 7) is 2.12. The lowest BCUT2D eigenvalue weighted by Crippen LogP contribution is -2.37. The summed E-state index contributed by atoms with van der Waals surface area (Å²) in [7, 11) is 0. The lowest BCUT2D eigenvalue weighted by Gasteiger charge is -2.33. The van der Waals surface area contributed by atoms with Crippen LogP contribution in [-0.4, -0.2) is 24.0 Å². The molecule has 1 saturated heterocycles. The maximum absolute atomic E-state index is 13.2. The summed E-state index contributed by atoms with van der Waals surface area (Å²) < 4.78 is 13.2. The number of halogens is 1. The molecule has 2 nitrogen and oxygen atoms in total. The molecule has 2 N–H and O–H groups in total. The van der Waals surface area contributed by atoms with Crippen molar-refractivity contribution in [3.63, 3.8) is 0 Å². The summed E-state index contributed by atoms with van der Waals surface area (Å²) in [6, 6.07) is 5.55. The average Bonchev–Trinajstić information content (AvgIpc) is 2.60. The number of hydrogen-bond acceptors (Lipinski definition) is 2. The van der Waals surface area contributed by atoms with E-state index in [0.29, 0.717) is 0 Å². The summed E-state index contributed by atoms with van der Waals surface area (Å²) in [5, 5.41) is 0. The molecule has 0 spiro atoms. The van der Waals surface area contributed by atoms with Gasteiger partial charge in [0.1, 0.15) is 5.82 Å². The van der Waals surface area contributed by atoms with Crippen LogP contribution in [0, 0.1) is 5.82 Å². The molecule has 0 aromatic heterocycles. The fraction of sp³-hybridized carbons (Fsp3) is 0.500. The maximum atomic E-state index is 13.2. The topological polar surface area (TPSA) is 29.3 Å². The number of rotatable bonds is 0. The van der Waals surface area contributed by atoms with Crippen LogP contribution in [0.3, 0.4) is 0 Å². The molecule has 0 aliphatic carbocycles. The van der Waals surface area contributed by atoms with Gasteiger partial charge in [0, 0.05) is 19.1 Å². The third kappa shape index (κ3) is 1.38. The van der Waals surface area contributed by atoms with Gasteiger partial charge in [-0.25, -0.2) is 4.39 Å². The second kappa shape index (κ2) is 3.29. The summed E-state index contributed by atoms with van der Waals surface area (Å²) >= 11 is 0. The van der Waals surface area contributed by atoms with Crippen LogP contribution in [0.4, 0.5) is 4.39 Å². The fourth-order valence-corrected chi connectivity index (χ4v) is 2.89. The molecule has 1 aromatic carbocycles. The molecular weight excluding hydrogens is 191 g/mol. The van der Waals surface area contributed by atoms with Gasteiger partial charge in [0.05, 0.1) is 6.04 Å². The van der Waals surface area contributed by atoms with Gasteiger partial charge in [-0.15, -0.1) is 0 Å². The molecule has 0 radical (unpaired) electrons. The first-order valence-electron chi connectivity index (χ1n) is 5.53. The van der Waals surface area contributed by atoms with E-state index in [-0.39, 0.29) is 17.9 Å². The van der Waals surface area contributed by atoms with E-state index in [4.69, 9.17) is 5.73 Å². The maximum Gasteiger partial charge on any atom is 0.123 e. The quantitative estimate of drug-likeness (QED) is 0.696. The van der Waals surface area contributed by atoms with E-state index in [2.05, 4.69) is 4.90 Å². The number of hydrogen-bond donors (Lipinski definition) is 1. The number of nitrogens with two attached hydrogens (primary N) is 1. The van der Waals surface area contributed by atoms with Crippen molar-refractivity contribution in [2.24, 2.45) is 5.73 Å². The zero-order valence-corrected chi connectivity index (χ0v) is 8.62. The van der Waals surface area contributed by atoms with Crippen molar-refractivity contribution in [1.29, 1.82) is 0 Å². The SMILES string of the molecule is NC1CCN2CCc3ccc(F)cc3C12. The van der Waals surface area contributed by atoms with Crippen molar-refractivity contribution in [1.82, 2.24) is 4.90 Å². The number of benzene rings is 1. The Kier molecular flexibility index (Phi) is 2.04. The Labute approximate surface area is 88.9 Å². The minimum atomic E-state index is -0.144. The highest BCUT2D eigenvalue weighted by molar-refractivity contribution is 5.35. The van der Waals surface area contributed by atoms with E-state index in [0.717, 1.165) is 31.5 Å². The Balaban J connectivity index is 2.08. The van der Waals surface area contributed by atoms with Crippen LogP contribution in [0.1, 0.15) is 23.6 Å². The minimum Gasteiger partial charge on any atom is -0.326 e. The standard InChI is InChI=1S/C12H15FN2/c13-9-2-1-8-3-5-15-6-4-11(14)12(15)10(8)7-9/h1-2,7,11-12H,3-6,14H2. The molecule has 2 atom stereocenters. The van der Waals surface area contributed by atoms with E-state index in [9.17, 15) is 4.39 Å². The van der Waals surface area contributed by atoms with Gasteiger partial charge in [-0.1, -0.05) is 6.07 Å². The van der Waals surface area contributed by atoms with E-state index in [1.807, 2.05) is 6.07 Å². The lowest BCUT2D eigenvalue weighted by atomic mass is 9.91. The summed E-state index contributed by atoms with van der Waals surface area (Å²) in [4.78, 5) is 2.38. The smallest absolute Gasteiger partial charge is 0.123 e. The zero-order valence-electron chi connectivity index (χ0n) is 8.62. The van der Waals surface area contributed by atoms with Gasteiger partial charge in [-0.05, 0) is 36.1 Å². The zero-order chi connectivity index (χ0) is 10.4. The Morgan fingerprint density at radius 3 is 3.07 bits per heavy atom. The van der Waals surface area contributed by atoms with E-state index in [1.165, 1.54) is 5.56 Å². The first-order chi connectivity index (χ1) is 7.25. The van der Waals surface area contributed by atoms with E-state index < -0.39 is 0 Å². The Bertz CT molecular complexity index is 391. The molecule has 0 bridgehead atoms. The van der Waals surface area contributed by atoms with Gasteiger partial charge < -0.3 is 5.73 Å². The predicted octanol–water partition coefficient (Wildman–Crippen LogP) is 1.46. The van der Waals surface area contributed by atoms with Crippen LogP contribution in [0.5, 0.6) is 0 Å². The summed E-state index contributed by atoms with van der Waals surface area (Å²) in [6.07, 6.45) is 2.06. The minimum absolute atomic E-state index is 0.144. The molecular formula is C12H15FN2. The molecule has 1 fully saturated rings. The van der Waals surface area contributed by atoms with Crippen LogP contribution in [0.25, 0.3) is 0 Å². The predicted molar refractivity (Wildman–Crippen MR) is 57.0 cm³/mol. The molecule has 3 rings (SSSR count). The lowest BCUT2D eigenvalue weighted by molar-refractivity contribution is 0.233. The second-order valence-corrected chi connectivity index (χ2v) is 4.53. The van der Waals surface area contributed by atoms with Gasteiger partial charge in [0.2, 0.25) is 0 Å². The Hall–Kier alpha value is -0.930. The Morgan fingerprint density at radius 1 is 1.33 bits per heavy atom. The average molecular weight is 206 g/mol. The molecule has 2 unspecified atom stereocenters. The molecule has 2 heterocycles. The molecule has 2 aliphatic heterocycles. The fourth-order valence-electron chi connectivity index (χ4n) is 2.89. The molecule has 0 saturated carbocycles. The summed E-state index contributed by atoms with van der Waals surface area (Å²) in [5.41, 5.74) is 8.48. The highest BCUT2D eigenvalue weighted by Gasteiger charge is 2.36. The Morgan fingerprint density at radius 2 is 2.20 bits per heavy atom. The monoisotopic (exact) mass is 206 g/mol. The van der Waals surface area contributed by atoms with Crippen LogP contribution in [0.2, 0.25) is 0 Å². The van der Waals surface area contributed by atoms with Crippen molar-refractivity contribution in [3.05, 3.63) is 35.1 Å². The van der Waals surface area contributed by atoms with Gasteiger partial charge in [-0.3, -0.25) is 4.90 Å². The molecule has 1 aromatic rings. The second-order valence-electron chi connectivity index (χ2n) is 4.53.